The van der Waals surface area contributed by atoms with Crippen molar-refractivity contribution in [2.75, 3.05) is 0 Å². The van der Waals surface area contributed by atoms with Gasteiger partial charge in [0.1, 0.15) is 0 Å². The van der Waals surface area contributed by atoms with Crippen molar-refractivity contribution in [1.82, 2.24) is 0 Å². The summed E-state index contributed by atoms with van der Waals surface area (Å²) in [6.45, 7) is 8.82. The Kier molecular flexibility index (Phi) is 3.00. The van der Waals surface area contributed by atoms with Crippen molar-refractivity contribution >= 4 is 5.84 Å². The van der Waals surface area contributed by atoms with Crippen LogP contribution in [0.5, 0.6) is 0 Å². The van der Waals surface area contributed by atoms with Crippen molar-refractivity contribution in [3.8, 4) is 0 Å². The lowest BCUT2D eigenvalue weighted by molar-refractivity contribution is -0.0634. The molecule has 4 bridgehead atoms. The van der Waals surface area contributed by atoms with E-state index in [0.717, 1.165) is 23.6 Å². The van der Waals surface area contributed by atoms with Crippen LogP contribution in [0.2, 0.25) is 0 Å². The SMILES string of the molecule is CC(N=C(N)C(C)(C)C)C12CC3CC(CC(C3)C1)C2. The molecule has 4 aliphatic rings. The monoisotopic (exact) mass is 262 g/mol. The molecular weight excluding hydrogens is 232 g/mol. The maximum atomic E-state index is 6.22. The van der Waals surface area contributed by atoms with Gasteiger partial charge in [-0.1, -0.05) is 20.8 Å². The van der Waals surface area contributed by atoms with Crippen molar-refractivity contribution in [3.05, 3.63) is 0 Å². The summed E-state index contributed by atoms with van der Waals surface area (Å²) in [6.07, 6.45) is 8.77. The molecule has 0 spiro atoms. The summed E-state index contributed by atoms with van der Waals surface area (Å²) in [6, 6.07) is 0.417. The summed E-state index contributed by atoms with van der Waals surface area (Å²) in [7, 11) is 0. The highest BCUT2D eigenvalue weighted by Crippen LogP contribution is 2.61. The fourth-order valence-corrected chi connectivity index (χ4v) is 5.23. The Bertz CT molecular complexity index is 353. The van der Waals surface area contributed by atoms with Crippen molar-refractivity contribution < 1.29 is 0 Å². The van der Waals surface area contributed by atoms with Crippen LogP contribution in [-0.2, 0) is 0 Å². The third kappa shape index (κ3) is 2.32. The van der Waals surface area contributed by atoms with Crippen molar-refractivity contribution in [3.63, 3.8) is 0 Å². The Morgan fingerprint density at radius 2 is 1.47 bits per heavy atom. The number of hydrogen-bond donors (Lipinski definition) is 1. The first-order valence-electron chi connectivity index (χ1n) is 8.12. The summed E-state index contributed by atoms with van der Waals surface area (Å²) in [5.74, 6) is 3.84. The highest BCUT2D eigenvalue weighted by Gasteiger charge is 2.53. The number of aliphatic imine (C=N–C) groups is 1. The number of nitrogens with two attached hydrogens (primary N) is 1. The zero-order valence-corrected chi connectivity index (χ0v) is 13.1. The summed E-state index contributed by atoms with van der Waals surface area (Å²) in [5, 5.41) is 0. The van der Waals surface area contributed by atoms with Gasteiger partial charge >= 0.3 is 0 Å². The van der Waals surface area contributed by atoms with Gasteiger partial charge in [-0.05, 0) is 68.6 Å². The van der Waals surface area contributed by atoms with Crippen LogP contribution in [0.1, 0.15) is 66.2 Å². The average molecular weight is 262 g/mol. The minimum atomic E-state index is 0.0105. The van der Waals surface area contributed by atoms with E-state index in [1.54, 1.807) is 0 Å². The molecule has 4 saturated carbocycles. The van der Waals surface area contributed by atoms with Gasteiger partial charge < -0.3 is 5.73 Å². The van der Waals surface area contributed by atoms with E-state index in [4.69, 9.17) is 10.7 Å². The molecule has 0 aliphatic heterocycles. The molecule has 0 amide bonds. The number of nitrogens with zero attached hydrogens (tertiary/aromatic N) is 1. The molecule has 2 heteroatoms. The van der Waals surface area contributed by atoms with E-state index in [1.165, 1.54) is 38.5 Å². The van der Waals surface area contributed by atoms with Gasteiger partial charge in [-0.15, -0.1) is 0 Å². The molecule has 0 heterocycles. The molecule has 1 unspecified atom stereocenters. The smallest absolute Gasteiger partial charge is 0.0994 e. The van der Waals surface area contributed by atoms with Crippen LogP contribution in [0.4, 0.5) is 0 Å². The number of amidine groups is 1. The van der Waals surface area contributed by atoms with Gasteiger partial charge in [-0.2, -0.15) is 0 Å². The molecule has 0 aromatic rings. The average Bonchev–Trinajstić information content (AvgIpc) is 2.25. The molecule has 2 nitrogen and oxygen atoms in total. The van der Waals surface area contributed by atoms with E-state index in [1.807, 2.05) is 0 Å². The highest BCUT2D eigenvalue weighted by molar-refractivity contribution is 5.85. The van der Waals surface area contributed by atoms with Gasteiger partial charge in [0.25, 0.3) is 0 Å². The van der Waals surface area contributed by atoms with E-state index < -0.39 is 0 Å². The normalized spacial score (nSPS) is 43.6. The lowest BCUT2D eigenvalue weighted by Gasteiger charge is -2.58. The first-order valence-corrected chi connectivity index (χ1v) is 8.12. The quantitative estimate of drug-likeness (QED) is 0.593. The van der Waals surface area contributed by atoms with Crippen LogP contribution in [0.3, 0.4) is 0 Å². The van der Waals surface area contributed by atoms with Crippen molar-refractivity contribution in [1.29, 1.82) is 0 Å². The first kappa shape index (κ1) is 13.5. The van der Waals surface area contributed by atoms with Gasteiger partial charge in [0.2, 0.25) is 0 Å². The van der Waals surface area contributed by atoms with Gasteiger partial charge in [0.15, 0.2) is 0 Å². The van der Waals surface area contributed by atoms with E-state index >= 15 is 0 Å². The lowest BCUT2D eigenvalue weighted by Crippen LogP contribution is -2.51. The predicted octanol–water partition coefficient (Wildman–Crippen LogP) is 3.99. The Hall–Kier alpha value is -0.530. The predicted molar refractivity (Wildman–Crippen MR) is 81.1 cm³/mol. The van der Waals surface area contributed by atoms with Crippen LogP contribution < -0.4 is 5.73 Å². The van der Waals surface area contributed by atoms with Gasteiger partial charge in [0, 0.05) is 5.41 Å². The molecule has 4 rings (SSSR count). The highest BCUT2D eigenvalue weighted by atomic mass is 14.9. The Labute approximate surface area is 118 Å². The second-order valence-corrected chi connectivity index (χ2v) is 8.72. The molecule has 4 fully saturated rings. The summed E-state index contributed by atoms with van der Waals surface area (Å²) < 4.78 is 0. The van der Waals surface area contributed by atoms with Gasteiger partial charge in [-0.3, -0.25) is 4.99 Å². The Balaban J connectivity index is 1.82. The fraction of sp³-hybridized carbons (Fsp3) is 0.941. The van der Waals surface area contributed by atoms with Crippen LogP contribution in [0, 0.1) is 28.6 Å². The Morgan fingerprint density at radius 3 is 1.84 bits per heavy atom. The van der Waals surface area contributed by atoms with Gasteiger partial charge in [-0.25, -0.2) is 0 Å². The van der Waals surface area contributed by atoms with Crippen LogP contribution in [0.25, 0.3) is 0 Å². The van der Waals surface area contributed by atoms with Crippen LogP contribution in [0.15, 0.2) is 4.99 Å². The molecule has 0 radical (unpaired) electrons. The van der Waals surface area contributed by atoms with Crippen LogP contribution >= 0.6 is 0 Å². The Morgan fingerprint density at radius 1 is 1.05 bits per heavy atom. The summed E-state index contributed by atoms with van der Waals surface area (Å²) >= 11 is 0. The molecule has 4 aliphatic carbocycles. The zero-order chi connectivity index (χ0) is 13.8. The molecule has 0 aromatic carbocycles. The van der Waals surface area contributed by atoms with Crippen molar-refractivity contribution in [2.24, 2.45) is 39.3 Å². The van der Waals surface area contributed by atoms with Crippen LogP contribution in [-0.4, -0.2) is 11.9 Å². The fourth-order valence-electron chi connectivity index (χ4n) is 5.23. The second-order valence-electron chi connectivity index (χ2n) is 8.72. The maximum absolute atomic E-state index is 6.22. The van der Waals surface area contributed by atoms with E-state index in [0.29, 0.717) is 11.5 Å². The number of hydrogen-bond acceptors (Lipinski definition) is 1. The largest absolute Gasteiger partial charge is 0.387 e. The van der Waals surface area contributed by atoms with E-state index in [2.05, 4.69) is 27.7 Å². The molecule has 0 saturated heterocycles. The number of rotatable bonds is 2. The maximum Gasteiger partial charge on any atom is 0.0994 e. The third-order valence-corrected chi connectivity index (χ3v) is 6.07. The molecular formula is C17H30N2. The molecule has 19 heavy (non-hydrogen) atoms. The third-order valence-electron chi connectivity index (χ3n) is 6.07. The molecule has 1 atom stereocenters. The molecule has 0 aromatic heterocycles. The second kappa shape index (κ2) is 4.23. The topological polar surface area (TPSA) is 38.4 Å². The van der Waals surface area contributed by atoms with E-state index in [-0.39, 0.29) is 5.41 Å². The van der Waals surface area contributed by atoms with Gasteiger partial charge in [0.05, 0.1) is 11.9 Å². The molecule has 108 valence electrons. The first-order chi connectivity index (χ1) is 8.78. The minimum absolute atomic E-state index is 0.0105. The summed E-state index contributed by atoms with van der Waals surface area (Å²) in [4.78, 5) is 4.93. The molecule has 2 N–H and O–H groups in total. The minimum Gasteiger partial charge on any atom is -0.387 e. The summed E-state index contributed by atoms with van der Waals surface area (Å²) in [5.41, 5.74) is 6.72. The lowest BCUT2D eigenvalue weighted by atomic mass is 9.48. The standard InChI is InChI=1S/C17H30N2/c1-11(19-15(18)16(2,3)4)17-8-12-5-13(9-17)7-14(6-12)10-17/h11-14H,5-10H2,1-4H3,(H2,18,19). The van der Waals surface area contributed by atoms with E-state index in [9.17, 15) is 0 Å². The zero-order valence-electron chi connectivity index (χ0n) is 13.1. The van der Waals surface area contributed by atoms with Crippen molar-refractivity contribution in [2.45, 2.75) is 72.3 Å².